The molecule has 17 heavy (non-hydrogen) atoms. The van der Waals surface area contributed by atoms with Gasteiger partial charge >= 0.3 is 0 Å². The Hall–Kier alpha value is -2.65. The first-order valence-corrected chi connectivity index (χ1v) is 4.87. The van der Waals surface area contributed by atoms with Crippen LogP contribution in [0, 0.1) is 29.5 Å². The van der Waals surface area contributed by atoms with E-state index in [1.165, 1.54) is 18.3 Å². The second kappa shape index (κ2) is 4.47. The van der Waals surface area contributed by atoms with Crippen LogP contribution in [-0.4, -0.2) is 4.98 Å². The largest absolute Gasteiger partial charge is 0.255 e. The lowest BCUT2D eigenvalue weighted by atomic mass is 10.1. The van der Waals surface area contributed by atoms with Crippen molar-refractivity contribution in [3.05, 3.63) is 53.5 Å². The van der Waals surface area contributed by atoms with E-state index < -0.39 is 0 Å². The van der Waals surface area contributed by atoms with E-state index in [1.807, 2.05) is 6.07 Å². The Labute approximate surface area is 98.4 Å². The van der Waals surface area contributed by atoms with Gasteiger partial charge in [0.25, 0.3) is 0 Å². The predicted molar refractivity (Wildman–Crippen MR) is 62.3 cm³/mol. The average molecular weight is 222 g/mol. The van der Waals surface area contributed by atoms with Crippen molar-refractivity contribution in [2.75, 3.05) is 0 Å². The number of nitriles is 1. The number of benzene rings is 1. The summed E-state index contributed by atoms with van der Waals surface area (Å²) in [5.74, 6) is 2.13. The first-order chi connectivity index (χ1) is 8.24. The molecule has 0 saturated carbocycles. The Morgan fingerprint density at radius 2 is 1.88 bits per heavy atom. The molecule has 0 N–H and O–H groups in total. The second-order valence-electron chi connectivity index (χ2n) is 3.38. The van der Waals surface area contributed by atoms with Crippen LogP contribution in [0.2, 0.25) is 0 Å². The van der Waals surface area contributed by atoms with Crippen LogP contribution in [0.5, 0.6) is 0 Å². The minimum Gasteiger partial charge on any atom is -0.255 e. The highest BCUT2D eigenvalue weighted by Crippen LogP contribution is 2.19. The Balaban J connectivity index is 2.52. The van der Waals surface area contributed by atoms with E-state index in [0.29, 0.717) is 16.8 Å². The van der Waals surface area contributed by atoms with Crippen LogP contribution in [0.25, 0.3) is 11.3 Å². The Morgan fingerprint density at radius 1 is 1.18 bits per heavy atom. The average Bonchev–Trinajstić information content (AvgIpc) is 2.39. The summed E-state index contributed by atoms with van der Waals surface area (Å²) in [6.07, 6.45) is 6.73. The molecule has 80 valence electrons. The van der Waals surface area contributed by atoms with Crippen LogP contribution in [0.4, 0.5) is 4.39 Å². The fraction of sp³-hybridized carbons (Fsp3) is 0. The zero-order chi connectivity index (χ0) is 12.3. The van der Waals surface area contributed by atoms with Gasteiger partial charge in [-0.3, -0.25) is 4.98 Å². The van der Waals surface area contributed by atoms with Gasteiger partial charge in [0.2, 0.25) is 0 Å². The number of hydrogen-bond donors (Lipinski definition) is 0. The second-order valence-corrected chi connectivity index (χ2v) is 3.38. The number of rotatable bonds is 1. The van der Waals surface area contributed by atoms with E-state index in [2.05, 4.69) is 10.9 Å². The number of nitrogens with zero attached hydrogens (tertiary/aromatic N) is 2. The van der Waals surface area contributed by atoms with Gasteiger partial charge in [0, 0.05) is 17.3 Å². The van der Waals surface area contributed by atoms with Gasteiger partial charge in [-0.05, 0) is 30.3 Å². The highest BCUT2D eigenvalue weighted by atomic mass is 19.1. The summed E-state index contributed by atoms with van der Waals surface area (Å²) in [5, 5.41) is 8.81. The molecule has 0 spiro atoms. The van der Waals surface area contributed by atoms with E-state index in [9.17, 15) is 4.39 Å². The maximum Gasteiger partial charge on any atom is 0.123 e. The number of halogens is 1. The van der Waals surface area contributed by atoms with Gasteiger partial charge in [-0.25, -0.2) is 4.39 Å². The minimum atomic E-state index is -0.306. The van der Waals surface area contributed by atoms with Gasteiger partial charge in [0.15, 0.2) is 0 Å². The standard InChI is InChI=1S/C14H7FN2/c1-2-10-7-14(17-9-12(10)8-16)11-3-5-13(15)6-4-11/h1,3-7,9H. The molecule has 0 atom stereocenters. The molecule has 1 aromatic heterocycles. The molecule has 0 aliphatic rings. The minimum absolute atomic E-state index is 0.306. The van der Waals surface area contributed by atoms with Crippen LogP contribution >= 0.6 is 0 Å². The normalized spacial score (nSPS) is 9.35. The van der Waals surface area contributed by atoms with Crippen molar-refractivity contribution < 1.29 is 4.39 Å². The molecule has 0 unspecified atom stereocenters. The van der Waals surface area contributed by atoms with Crippen molar-refractivity contribution in [2.45, 2.75) is 0 Å². The molecule has 2 nitrogen and oxygen atoms in total. The summed E-state index contributed by atoms with van der Waals surface area (Å²) >= 11 is 0. The maximum atomic E-state index is 12.8. The van der Waals surface area contributed by atoms with Gasteiger partial charge in [0.05, 0.1) is 11.3 Å². The summed E-state index contributed by atoms with van der Waals surface area (Å²) < 4.78 is 12.8. The number of aromatic nitrogens is 1. The number of hydrogen-bond acceptors (Lipinski definition) is 2. The first kappa shape index (κ1) is 10.9. The lowest BCUT2D eigenvalue weighted by molar-refractivity contribution is 0.628. The zero-order valence-electron chi connectivity index (χ0n) is 8.81. The molecule has 2 rings (SSSR count). The molecule has 1 aromatic carbocycles. The topological polar surface area (TPSA) is 36.7 Å². The van der Waals surface area contributed by atoms with Crippen LogP contribution in [0.15, 0.2) is 36.5 Å². The summed E-state index contributed by atoms with van der Waals surface area (Å²) in [6, 6.07) is 9.55. The fourth-order valence-corrected chi connectivity index (χ4v) is 1.44. The molecule has 3 heteroatoms. The lowest BCUT2D eigenvalue weighted by Crippen LogP contribution is -1.90. The van der Waals surface area contributed by atoms with Gasteiger partial charge in [-0.2, -0.15) is 5.26 Å². The lowest BCUT2D eigenvalue weighted by Gasteiger charge is -2.02. The van der Waals surface area contributed by atoms with E-state index in [0.717, 1.165) is 5.56 Å². The Kier molecular flexibility index (Phi) is 2.85. The van der Waals surface area contributed by atoms with Crippen molar-refractivity contribution in [3.63, 3.8) is 0 Å². The van der Waals surface area contributed by atoms with Crippen LogP contribution in [0.3, 0.4) is 0 Å². The zero-order valence-corrected chi connectivity index (χ0v) is 8.81. The molecule has 0 bridgehead atoms. The molecule has 0 amide bonds. The molecular weight excluding hydrogens is 215 g/mol. The molecule has 0 aliphatic carbocycles. The van der Waals surface area contributed by atoms with Crippen LogP contribution in [-0.2, 0) is 0 Å². The van der Waals surface area contributed by atoms with Gasteiger partial charge in [0.1, 0.15) is 11.9 Å². The van der Waals surface area contributed by atoms with Crippen LogP contribution in [0.1, 0.15) is 11.1 Å². The number of pyridine rings is 1. The van der Waals surface area contributed by atoms with Crippen LogP contribution < -0.4 is 0 Å². The van der Waals surface area contributed by atoms with Gasteiger partial charge in [-0.1, -0.05) is 5.92 Å². The van der Waals surface area contributed by atoms with E-state index in [4.69, 9.17) is 11.7 Å². The van der Waals surface area contributed by atoms with Crippen molar-refractivity contribution in [1.29, 1.82) is 5.26 Å². The van der Waals surface area contributed by atoms with Crippen molar-refractivity contribution in [1.82, 2.24) is 4.98 Å². The summed E-state index contributed by atoms with van der Waals surface area (Å²) in [4.78, 5) is 4.12. The highest BCUT2D eigenvalue weighted by molar-refractivity contribution is 5.63. The smallest absolute Gasteiger partial charge is 0.123 e. The van der Waals surface area contributed by atoms with E-state index >= 15 is 0 Å². The monoisotopic (exact) mass is 222 g/mol. The molecule has 1 heterocycles. The molecule has 2 aromatic rings. The molecule has 0 fully saturated rings. The van der Waals surface area contributed by atoms with Crippen molar-refractivity contribution in [3.8, 4) is 29.7 Å². The van der Waals surface area contributed by atoms with Gasteiger partial charge in [-0.15, -0.1) is 6.42 Å². The summed E-state index contributed by atoms with van der Waals surface area (Å²) in [7, 11) is 0. The van der Waals surface area contributed by atoms with Crippen molar-refractivity contribution >= 4 is 0 Å². The molecule has 0 radical (unpaired) electrons. The van der Waals surface area contributed by atoms with E-state index in [1.54, 1.807) is 18.2 Å². The SMILES string of the molecule is C#Cc1cc(-c2ccc(F)cc2)ncc1C#N. The van der Waals surface area contributed by atoms with Gasteiger partial charge < -0.3 is 0 Å². The Morgan fingerprint density at radius 3 is 2.47 bits per heavy atom. The Bertz CT molecular complexity index is 631. The molecular formula is C14H7FN2. The fourth-order valence-electron chi connectivity index (χ4n) is 1.44. The summed E-state index contributed by atoms with van der Waals surface area (Å²) in [6.45, 7) is 0. The third-order valence-electron chi connectivity index (χ3n) is 2.32. The third-order valence-corrected chi connectivity index (χ3v) is 2.32. The first-order valence-electron chi connectivity index (χ1n) is 4.87. The van der Waals surface area contributed by atoms with Crippen molar-refractivity contribution in [2.24, 2.45) is 0 Å². The summed E-state index contributed by atoms with van der Waals surface area (Å²) in [5.41, 5.74) is 2.23. The maximum absolute atomic E-state index is 12.8. The molecule has 0 aliphatic heterocycles. The molecule has 0 saturated heterocycles. The quantitative estimate of drug-likeness (QED) is 0.695. The highest BCUT2D eigenvalue weighted by Gasteiger charge is 2.04. The third kappa shape index (κ3) is 2.14. The predicted octanol–water partition coefficient (Wildman–Crippen LogP) is 2.74. The number of terminal acetylenes is 1. The van der Waals surface area contributed by atoms with E-state index in [-0.39, 0.29) is 5.82 Å².